The highest BCUT2D eigenvalue weighted by atomic mass is 16.5. The molecule has 5 aromatic carbocycles. The number of benzene rings is 5. The first-order valence-corrected chi connectivity index (χ1v) is 10.2. The summed E-state index contributed by atoms with van der Waals surface area (Å²) in [5.74, 6) is 2.07. The molecule has 0 aliphatic rings. The molecule has 1 atom stereocenters. The van der Waals surface area contributed by atoms with Gasteiger partial charge in [-0.25, -0.2) is 0 Å². The number of hydrogen-bond donors (Lipinski definition) is 1. The molecule has 0 saturated heterocycles. The van der Waals surface area contributed by atoms with E-state index < -0.39 is 6.10 Å². The molecule has 0 bridgehead atoms. The number of rotatable bonds is 5. The van der Waals surface area contributed by atoms with Gasteiger partial charge in [0.25, 0.3) is 0 Å². The van der Waals surface area contributed by atoms with Gasteiger partial charge < -0.3 is 14.6 Å². The van der Waals surface area contributed by atoms with Crippen molar-refractivity contribution in [1.82, 2.24) is 0 Å². The smallest absolute Gasteiger partial charge is 0.133 e. The molecule has 5 aromatic rings. The van der Waals surface area contributed by atoms with E-state index in [1.165, 1.54) is 5.39 Å². The van der Waals surface area contributed by atoms with Crippen molar-refractivity contribution in [3.05, 3.63) is 114 Å². The Balaban J connectivity index is 1.60. The topological polar surface area (TPSA) is 38.7 Å². The minimum Gasteiger partial charge on any atom is -0.497 e. The summed E-state index contributed by atoms with van der Waals surface area (Å²) in [6, 6.07) is 33.6. The normalized spacial score (nSPS) is 12.1. The van der Waals surface area contributed by atoms with E-state index in [1.807, 2.05) is 72.8 Å². The van der Waals surface area contributed by atoms with Crippen LogP contribution >= 0.6 is 0 Å². The second-order valence-electron chi connectivity index (χ2n) is 7.45. The number of fused-ring (bicyclic) bond motifs is 3. The predicted molar refractivity (Wildman–Crippen MR) is 125 cm³/mol. The largest absolute Gasteiger partial charge is 0.497 e. The molecule has 0 saturated carbocycles. The summed E-state index contributed by atoms with van der Waals surface area (Å²) in [4.78, 5) is 0. The average molecular weight is 406 g/mol. The number of para-hydroxylation sites is 1. The lowest BCUT2D eigenvalue weighted by atomic mass is 9.91. The van der Waals surface area contributed by atoms with Gasteiger partial charge in [-0.2, -0.15) is 0 Å². The summed E-state index contributed by atoms with van der Waals surface area (Å²) in [5.41, 5.74) is 1.58. The van der Waals surface area contributed by atoms with Crippen LogP contribution in [-0.4, -0.2) is 12.2 Å². The molecular weight excluding hydrogens is 384 g/mol. The zero-order valence-corrected chi connectivity index (χ0v) is 17.2. The molecular formula is C28H22O3. The molecule has 0 amide bonds. The van der Waals surface area contributed by atoms with Crippen molar-refractivity contribution in [2.24, 2.45) is 0 Å². The number of aliphatic hydroxyl groups excluding tert-OH is 1. The van der Waals surface area contributed by atoms with Crippen LogP contribution in [0.5, 0.6) is 17.2 Å². The molecule has 152 valence electrons. The van der Waals surface area contributed by atoms with E-state index in [0.717, 1.165) is 33.0 Å². The van der Waals surface area contributed by atoms with Gasteiger partial charge in [0.2, 0.25) is 0 Å². The van der Waals surface area contributed by atoms with Crippen LogP contribution in [0.15, 0.2) is 103 Å². The maximum absolute atomic E-state index is 11.5. The van der Waals surface area contributed by atoms with Gasteiger partial charge in [-0.05, 0) is 63.5 Å². The molecule has 0 heterocycles. The summed E-state index contributed by atoms with van der Waals surface area (Å²) in [6.45, 7) is 0. The fourth-order valence-corrected chi connectivity index (χ4v) is 4.05. The van der Waals surface area contributed by atoms with Gasteiger partial charge in [0.05, 0.1) is 7.11 Å². The molecule has 0 aliphatic heterocycles. The first kappa shape index (κ1) is 19.2. The van der Waals surface area contributed by atoms with Gasteiger partial charge in [-0.3, -0.25) is 0 Å². The molecule has 0 aliphatic carbocycles. The standard InChI is InChI=1S/C28H22O3/c1-30-20-14-16-21(17-15-20)31-27-13-7-6-12-25(27)28(29)26-18-19-8-2-3-9-22(19)23-10-4-5-11-24(23)26/h2-18,28-29H,1H3. The molecule has 0 radical (unpaired) electrons. The maximum Gasteiger partial charge on any atom is 0.133 e. The zero-order chi connectivity index (χ0) is 21.2. The Morgan fingerprint density at radius 2 is 1.23 bits per heavy atom. The van der Waals surface area contributed by atoms with Crippen molar-refractivity contribution in [2.45, 2.75) is 6.10 Å². The van der Waals surface area contributed by atoms with Crippen molar-refractivity contribution < 1.29 is 14.6 Å². The Morgan fingerprint density at radius 1 is 0.613 bits per heavy atom. The van der Waals surface area contributed by atoms with E-state index in [9.17, 15) is 5.11 Å². The third-order valence-corrected chi connectivity index (χ3v) is 5.60. The lowest BCUT2D eigenvalue weighted by molar-refractivity contribution is 0.218. The summed E-state index contributed by atoms with van der Waals surface area (Å²) in [6.07, 6.45) is -0.830. The van der Waals surface area contributed by atoms with Crippen molar-refractivity contribution in [1.29, 1.82) is 0 Å². The first-order chi connectivity index (χ1) is 15.2. The number of methoxy groups -OCH3 is 1. The highest BCUT2D eigenvalue weighted by molar-refractivity contribution is 6.09. The predicted octanol–water partition coefficient (Wildman–Crippen LogP) is 6.88. The fraction of sp³-hybridized carbons (Fsp3) is 0.0714. The lowest BCUT2D eigenvalue weighted by Crippen LogP contribution is -2.03. The number of ether oxygens (including phenoxy) is 2. The number of hydrogen-bond acceptors (Lipinski definition) is 3. The molecule has 3 nitrogen and oxygen atoms in total. The van der Waals surface area contributed by atoms with Gasteiger partial charge >= 0.3 is 0 Å². The zero-order valence-electron chi connectivity index (χ0n) is 17.2. The van der Waals surface area contributed by atoms with Gasteiger partial charge in [-0.1, -0.05) is 66.7 Å². The Bertz CT molecular complexity index is 1360. The van der Waals surface area contributed by atoms with Crippen molar-refractivity contribution in [3.63, 3.8) is 0 Å². The van der Waals surface area contributed by atoms with Crippen molar-refractivity contribution in [3.8, 4) is 17.2 Å². The lowest BCUT2D eigenvalue weighted by Gasteiger charge is -2.19. The fourth-order valence-electron chi connectivity index (χ4n) is 4.05. The quantitative estimate of drug-likeness (QED) is 0.324. The third-order valence-electron chi connectivity index (χ3n) is 5.60. The molecule has 3 heteroatoms. The van der Waals surface area contributed by atoms with Gasteiger partial charge in [0.15, 0.2) is 0 Å². The Morgan fingerprint density at radius 3 is 2.00 bits per heavy atom. The Kier molecular flexibility index (Phi) is 5.03. The molecule has 5 rings (SSSR count). The summed E-state index contributed by atoms with van der Waals surface area (Å²) >= 11 is 0. The molecule has 0 spiro atoms. The number of aliphatic hydroxyl groups is 1. The highest BCUT2D eigenvalue weighted by Crippen LogP contribution is 2.38. The van der Waals surface area contributed by atoms with Gasteiger partial charge in [0, 0.05) is 5.56 Å². The second kappa shape index (κ2) is 8.13. The van der Waals surface area contributed by atoms with Crippen LogP contribution in [0.4, 0.5) is 0 Å². The van der Waals surface area contributed by atoms with Crippen LogP contribution in [-0.2, 0) is 0 Å². The van der Waals surface area contributed by atoms with Crippen LogP contribution in [0.1, 0.15) is 17.2 Å². The second-order valence-corrected chi connectivity index (χ2v) is 7.45. The van der Waals surface area contributed by atoms with E-state index in [1.54, 1.807) is 7.11 Å². The molecule has 31 heavy (non-hydrogen) atoms. The van der Waals surface area contributed by atoms with Crippen LogP contribution in [0, 0.1) is 0 Å². The molecule has 1 N–H and O–H groups in total. The average Bonchev–Trinajstić information content (AvgIpc) is 2.84. The van der Waals surface area contributed by atoms with Crippen LogP contribution < -0.4 is 9.47 Å². The summed E-state index contributed by atoms with van der Waals surface area (Å²) < 4.78 is 11.4. The maximum atomic E-state index is 11.5. The van der Waals surface area contributed by atoms with Crippen molar-refractivity contribution in [2.75, 3.05) is 7.11 Å². The Hall–Kier alpha value is -3.82. The SMILES string of the molecule is COc1ccc(Oc2ccccc2C(O)c2cc3ccccc3c3ccccc23)cc1. The van der Waals surface area contributed by atoms with Gasteiger partial charge in [0.1, 0.15) is 23.4 Å². The summed E-state index contributed by atoms with van der Waals surface area (Å²) in [7, 11) is 1.63. The highest BCUT2D eigenvalue weighted by Gasteiger charge is 2.19. The first-order valence-electron chi connectivity index (χ1n) is 10.2. The van der Waals surface area contributed by atoms with E-state index in [-0.39, 0.29) is 0 Å². The monoisotopic (exact) mass is 406 g/mol. The van der Waals surface area contributed by atoms with E-state index in [0.29, 0.717) is 11.5 Å². The van der Waals surface area contributed by atoms with Crippen LogP contribution in [0.2, 0.25) is 0 Å². The van der Waals surface area contributed by atoms with Crippen LogP contribution in [0.25, 0.3) is 21.5 Å². The van der Waals surface area contributed by atoms with E-state index in [2.05, 4.69) is 30.3 Å². The van der Waals surface area contributed by atoms with Crippen molar-refractivity contribution >= 4 is 21.5 Å². The Labute approximate surface area is 181 Å². The third kappa shape index (κ3) is 3.60. The van der Waals surface area contributed by atoms with E-state index >= 15 is 0 Å². The minimum atomic E-state index is -0.830. The summed E-state index contributed by atoms with van der Waals surface area (Å²) in [5, 5.41) is 15.9. The van der Waals surface area contributed by atoms with Crippen LogP contribution in [0.3, 0.4) is 0 Å². The molecule has 0 fully saturated rings. The van der Waals surface area contributed by atoms with Gasteiger partial charge in [-0.15, -0.1) is 0 Å². The molecule has 1 unspecified atom stereocenters. The van der Waals surface area contributed by atoms with E-state index in [4.69, 9.17) is 9.47 Å². The molecule has 0 aromatic heterocycles. The minimum absolute atomic E-state index is 0.623.